The number of amides is 1. The molecule has 2 atom stereocenters. The van der Waals surface area contributed by atoms with Crippen molar-refractivity contribution in [1.29, 1.82) is 0 Å². The summed E-state index contributed by atoms with van der Waals surface area (Å²) in [6, 6.07) is 6.15. The largest absolute Gasteiger partial charge is 0.376 e. The van der Waals surface area contributed by atoms with Gasteiger partial charge in [0.05, 0.1) is 24.4 Å². The van der Waals surface area contributed by atoms with Gasteiger partial charge in [-0.05, 0) is 56.2 Å². The molecule has 2 fully saturated rings. The molecular weight excluding hydrogens is 441 g/mol. The van der Waals surface area contributed by atoms with E-state index in [1.807, 2.05) is 6.92 Å². The van der Waals surface area contributed by atoms with Crippen molar-refractivity contribution in [1.82, 2.24) is 19.7 Å². The van der Waals surface area contributed by atoms with Gasteiger partial charge in [0, 0.05) is 26.7 Å². The number of halogens is 1. The van der Waals surface area contributed by atoms with E-state index in [4.69, 9.17) is 4.74 Å². The third-order valence-corrected chi connectivity index (χ3v) is 7.78. The molecule has 2 saturated heterocycles. The Labute approximate surface area is 199 Å². The van der Waals surface area contributed by atoms with Crippen LogP contribution in [-0.4, -0.2) is 64.2 Å². The molecule has 1 amide bonds. The van der Waals surface area contributed by atoms with Crippen LogP contribution in [0.25, 0.3) is 0 Å². The first-order valence-electron chi connectivity index (χ1n) is 11.9. The molecule has 33 heavy (non-hydrogen) atoms. The Hall–Kier alpha value is -2.13. The molecule has 0 radical (unpaired) electrons. The van der Waals surface area contributed by atoms with Gasteiger partial charge in [-0.15, -0.1) is 10.2 Å². The zero-order chi connectivity index (χ0) is 23.4. The van der Waals surface area contributed by atoms with Crippen LogP contribution in [0.1, 0.15) is 51.1 Å². The van der Waals surface area contributed by atoms with Crippen LogP contribution >= 0.6 is 11.8 Å². The molecule has 7 nitrogen and oxygen atoms in total. The number of hydrogen-bond donors (Lipinski definition) is 0. The lowest BCUT2D eigenvalue weighted by Crippen LogP contribution is -2.35. The smallest absolute Gasteiger partial charge is 0.233 e. The lowest BCUT2D eigenvalue weighted by molar-refractivity contribution is -0.128. The number of carbonyl (C=O) groups excluding carboxylic acids is 1. The van der Waals surface area contributed by atoms with E-state index in [2.05, 4.69) is 26.6 Å². The molecule has 1 aromatic heterocycles. The fraction of sp³-hybridized carbons (Fsp3) is 0.625. The summed E-state index contributed by atoms with van der Waals surface area (Å²) in [4.78, 5) is 17.0. The molecule has 180 valence electrons. The van der Waals surface area contributed by atoms with Crippen molar-refractivity contribution in [3.05, 3.63) is 35.6 Å². The zero-order valence-electron chi connectivity index (χ0n) is 19.7. The first-order chi connectivity index (χ1) is 15.9. The number of benzene rings is 1. The van der Waals surface area contributed by atoms with Crippen LogP contribution in [0.2, 0.25) is 0 Å². The summed E-state index contributed by atoms with van der Waals surface area (Å²) in [6.07, 6.45) is 4.59. The summed E-state index contributed by atoms with van der Waals surface area (Å²) in [5.41, 5.74) is 0.903. The topological polar surface area (TPSA) is 63.5 Å². The SMILES string of the molecule is CC1CCN(c2nnc(SCC(=O)N(C)C(C)c3ccc(F)cc3)n2CC2CCCO2)CC1. The second-order valence-corrected chi connectivity index (χ2v) is 10.2. The van der Waals surface area contributed by atoms with Gasteiger partial charge in [-0.2, -0.15) is 0 Å². The third kappa shape index (κ3) is 5.87. The Bertz CT molecular complexity index is 923. The van der Waals surface area contributed by atoms with Crippen molar-refractivity contribution in [3.63, 3.8) is 0 Å². The zero-order valence-corrected chi connectivity index (χ0v) is 20.6. The molecule has 0 aliphatic carbocycles. The molecule has 1 aromatic carbocycles. The van der Waals surface area contributed by atoms with Crippen molar-refractivity contribution < 1.29 is 13.9 Å². The Morgan fingerprint density at radius 3 is 2.64 bits per heavy atom. The molecule has 0 N–H and O–H groups in total. The van der Waals surface area contributed by atoms with E-state index < -0.39 is 0 Å². The molecule has 2 aliphatic rings. The summed E-state index contributed by atoms with van der Waals surface area (Å²) in [7, 11) is 1.79. The Morgan fingerprint density at radius 2 is 1.97 bits per heavy atom. The van der Waals surface area contributed by atoms with E-state index in [1.54, 1.807) is 24.1 Å². The quantitative estimate of drug-likeness (QED) is 0.535. The normalized spacial score (nSPS) is 20.2. The van der Waals surface area contributed by atoms with Gasteiger partial charge in [-0.3, -0.25) is 9.36 Å². The summed E-state index contributed by atoms with van der Waals surface area (Å²) < 4.78 is 21.3. The van der Waals surface area contributed by atoms with E-state index in [9.17, 15) is 9.18 Å². The second kappa shape index (κ2) is 10.9. The molecule has 0 spiro atoms. The summed E-state index contributed by atoms with van der Waals surface area (Å²) in [5, 5.41) is 9.75. The maximum atomic E-state index is 13.2. The number of ether oxygens (including phenoxy) is 1. The van der Waals surface area contributed by atoms with Gasteiger partial charge in [0.15, 0.2) is 5.16 Å². The molecule has 0 bridgehead atoms. The number of nitrogens with zero attached hydrogens (tertiary/aromatic N) is 5. The summed E-state index contributed by atoms with van der Waals surface area (Å²) >= 11 is 1.42. The van der Waals surface area contributed by atoms with Gasteiger partial charge in [-0.25, -0.2) is 4.39 Å². The number of piperidine rings is 1. The molecule has 3 heterocycles. The number of hydrogen-bond acceptors (Lipinski definition) is 6. The van der Waals surface area contributed by atoms with Gasteiger partial charge < -0.3 is 14.5 Å². The van der Waals surface area contributed by atoms with E-state index in [1.165, 1.54) is 23.9 Å². The number of aromatic nitrogens is 3. The van der Waals surface area contributed by atoms with Crippen LogP contribution in [0.3, 0.4) is 0 Å². The van der Waals surface area contributed by atoms with Crippen LogP contribution < -0.4 is 4.90 Å². The third-order valence-electron chi connectivity index (χ3n) is 6.83. The fourth-order valence-electron chi connectivity index (χ4n) is 4.39. The van der Waals surface area contributed by atoms with Crippen LogP contribution in [0, 0.1) is 11.7 Å². The van der Waals surface area contributed by atoms with Gasteiger partial charge in [0.1, 0.15) is 5.82 Å². The van der Waals surface area contributed by atoms with Gasteiger partial charge in [0.2, 0.25) is 11.9 Å². The number of carbonyl (C=O) groups is 1. The van der Waals surface area contributed by atoms with Crippen LogP contribution in [0.15, 0.2) is 29.4 Å². The van der Waals surface area contributed by atoms with E-state index in [0.29, 0.717) is 6.54 Å². The molecule has 2 aliphatic heterocycles. The molecule has 4 rings (SSSR count). The van der Waals surface area contributed by atoms with Crippen LogP contribution in [-0.2, 0) is 16.1 Å². The Morgan fingerprint density at radius 1 is 1.24 bits per heavy atom. The highest BCUT2D eigenvalue weighted by atomic mass is 32.2. The highest BCUT2D eigenvalue weighted by Gasteiger charge is 2.27. The average molecular weight is 476 g/mol. The lowest BCUT2D eigenvalue weighted by Gasteiger charge is -2.31. The number of anilines is 1. The second-order valence-electron chi connectivity index (χ2n) is 9.22. The molecule has 2 aromatic rings. The first kappa shape index (κ1) is 24.0. The predicted octanol–water partition coefficient (Wildman–Crippen LogP) is 4.14. The van der Waals surface area contributed by atoms with Gasteiger partial charge in [0.25, 0.3) is 0 Å². The standard InChI is InChI=1S/C24H34FN5O2S/c1-17-10-12-29(13-11-17)23-26-27-24(30(23)15-21-5-4-14-32-21)33-16-22(31)28(3)18(2)19-6-8-20(25)9-7-19/h6-9,17-18,21H,4-5,10-16H2,1-3H3. The predicted molar refractivity (Wildman–Crippen MR) is 128 cm³/mol. The maximum Gasteiger partial charge on any atom is 0.233 e. The van der Waals surface area contributed by atoms with Crippen LogP contribution in [0.5, 0.6) is 0 Å². The minimum atomic E-state index is -0.278. The minimum Gasteiger partial charge on any atom is -0.376 e. The molecule has 2 unspecified atom stereocenters. The number of rotatable bonds is 8. The number of thioether (sulfide) groups is 1. The van der Waals surface area contributed by atoms with E-state index >= 15 is 0 Å². The van der Waals surface area contributed by atoms with Crippen LogP contribution in [0.4, 0.5) is 10.3 Å². The maximum absolute atomic E-state index is 13.2. The Kier molecular flexibility index (Phi) is 7.90. The lowest BCUT2D eigenvalue weighted by atomic mass is 10.00. The summed E-state index contributed by atoms with van der Waals surface area (Å²) in [5.74, 6) is 1.61. The van der Waals surface area contributed by atoms with Crippen molar-refractivity contribution >= 4 is 23.6 Å². The van der Waals surface area contributed by atoms with Crippen molar-refractivity contribution in [2.75, 3.05) is 37.4 Å². The molecule has 0 saturated carbocycles. The van der Waals surface area contributed by atoms with Gasteiger partial charge >= 0.3 is 0 Å². The fourth-order valence-corrected chi connectivity index (χ4v) is 5.26. The Balaban J connectivity index is 1.43. The van der Waals surface area contributed by atoms with Gasteiger partial charge in [-0.1, -0.05) is 30.8 Å². The molecule has 9 heteroatoms. The van der Waals surface area contributed by atoms with Crippen molar-refractivity contribution in [2.24, 2.45) is 5.92 Å². The van der Waals surface area contributed by atoms with Crippen molar-refractivity contribution in [2.45, 2.75) is 63.4 Å². The van der Waals surface area contributed by atoms with E-state index in [0.717, 1.165) is 68.0 Å². The average Bonchev–Trinajstić information content (AvgIpc) is 3.48. The first-order valence-corrected chi connectivity index (χ1v) is 12.8. The highest BCUT2D eigenvalue weighted by Crippen LogP contribution is 2.29. The summed E-state index contributed by atoms with van der Waals surface area (Å²) in [6.45, 7) is 7.72. The minimum absolute atomic E-state index is 0.00293. The molecular formula is C24H34FN5O2S. The monoisotopic (exact) mass is 475 g/mol. The van der Waals surface area contributed by atoms with Crippen molar-refractivity contribution in [3.8, 4) is 0 Å². The van der Waals surface area contributed by atoms with E-state index in [-0.39, 0.29) is 29.6 Å². The highest BCUT2D eigenvalue weighted by molar-refractivity contribution is 7.99.